The molecule has 0 aliphatic rings. The van der Waals surface area contributed by atoms with Gasteiger partial charge in [0.1, 0.15) is 24.7 Å². The Balaban J connectivity index is 1.63. The van der Waals surface area contributed by atoms with E-state index < -0.39 is 0 Å². The average Bonchev–Trinajstić information content (AvgIpc) is 2.72. The first kappa shape index (κ1) is 20.9. The Hall–Kier alpha value is -2.83. The zero-order valence-electron chi connectivity index (χ0n) is 16.7. The van der Waals surface area contributed by atoms with Crippen LogP contribution in [0.5, 0.6) is 11.5 Å². The monoisotopic (exact) mass is 413 g/mol. The summed E-state index contributed by atoms with van der Waals surface area (Å²) in [6.45, 7) is 2.96. The first-order chi connectivity index (χ1) is 13.9. The van der Waals surface area contributed by atoms with E-state index in [1.807, 2.05) is 38.4 Å². The third kappa shape index (κ3) is 5.82. The molecule has 0 N–H and O–H groups in total. The standard InChI is InChI=1S/C22H24ClN3O3/c1-16(25(2)3)14-28-20-8-6-19(7-9-20)26-11-10-21(12-22(26)27)29-15-18-5-4-17(23)13-24-18/h4-13,16H,14-15H2,1-3H3. The summed E-state index contributed by atoms with van der Waals surface area (Å²) in [5.41, 5.74) is 1.31. The van der Waals surface area contributed by atoms with Crippen LogP contribution in [-0.4, -0.2) is 41.2 Å². The first-order valence-electron chi connectivity index (χ1n) is 9.28. The van der Waals surface area contributed by atoms with Gasteiger partial charge in [-0.05, 0) is 63.5 Å². The summed E-state index contributed by atoms with van der Waals surface area (Å²) in [7, 11) is 4.03. The van der Waals surface area contributed by atoms with Gasteiger partial charge in [-0.3, -0.25) is 14.3 Å². The van der Waals surface area contributed by atoms with E-state index in [1.165, 1.54) is 6.07 Å². The molecule has 0 radical (unpaired) electrons. The fraction of sp³-hybridized carbons (Fsp3) is 0.273. The SMILES string of the molecule is CC(COc1ccc(-n2ccc(OCc3ccc(Cl)cn3)cc2=O)cc1)N(C)C. The summed E-state index contributed by atoms with van der Waals surface area (Å²) in [6, 6.07) is 14.5. The number of benzene rings is 1. The van der Waals surface area contributed by atoms with Crippen LogP contribution in [0.2, 0.25) is 5.02 Å². The van der Waals surface area contributed by atoms with Gasteiger partial charge in [-0.2, -0.15) is 0 Å². The van der Waals surface area contributed by atoms with Crippen molar-refractivity contribution < 1.29 is 9.47 Å². The molecule has 1 unspecified atom stereocenters. The highest BCUT2D eigenvalue weighted by Crippen LogP contribution is 2.16. The maximum absolute atomic E-state index is 12.5. The molecule has 6 nitrogen and oxygen atoms in total. The lowest BCUT2D eigenvalue weighted by Crippen LogP contribution is -2.30. The second-order valence-electron chi connectivity index (χ2n) is 6.94. The maximum Gasteiger partial charge on any atom is 0.258 e. The fourth-order valence-electron chi connectivity index (χ4n) is 2.48. The van der Waals surface area contributed by atoms with E-state index in [2.05, 4.69) is 16.8 Å². The van der Waals surface area contributed by atoms with Gasteiger partial charge in [0.05, 0.1) is 10.7 Å². The molecule has 0 amide bonds. The molecule has 0 saturated heterocycles. The largest absolute Gasteiger partial charge is 0.492 e. The normalized spacial score (nSPS) is 12.0. The van der Waals surface area contributed by atoms with E-state index in [-0.39, 0.29) is 12.2 Å². The van der Waals surface area contributed by atoms with Gasteiger partial charge in [0.15, 0.2) is 0 Å². The van der Waals surface area contributed by atoms with E-state index >= 15 is 0 Å². The van der Waals surface area contributed by atoms with Gasteiger partial charge in [-0.1, -0.05) is 11.6 Å². The highest BCUT2D eigenvalue weighted by Gasteiger charge is 2.07. The molecule has 7 heteroatoms. The Morgan fingerprint density at radius 1 is 1.07 bits per heavy atom. The van der Waals surface area contributed by atoms with Gasteiger partial charge >= 0.3 is 0 Å². The lowest BCUT2D eigenvalue weighted by atomic mass is 10.3. The maximum atomic E-state index is 12.5. The molecule has 3 rings (SSSR count). The Labute approximate surface area is 175 Å². The topological polar surface area (TPSA) is 56.6 Å². The van der Waals surface area contributed by atoms with Crippen molar-refractivity contribution in [2.45, 2.75) is 19.6 Å². The van der Waals surface area contributed by atoms with Crippen molar-refractivity contribution in [2.24, 2.45) is 0 Å². The Bertz CT molecular complexity index is 985. The first-order valence-corrected chi connectivity index (χ1v) is 9.66. The molecule has 2 aromatic heterocycles. The number of hydrogen-bond acceptors (Lipinski definition) is 5. The molecule has 0 aliphatic carbocycles. The zero-order valence-corrected chi connectivity index (χ0v) is 17.5. The van der Waals surface area contributed by atoms with Crippen LogP contribution in [0, 0.1) is 0 Å². The molecule has 2 heterocycles. The Kier molecular flexibility index (Phi) is 6.90. The van der Waals surface area contributed by atoms with Crippen LogP contribution < -0.4 is 15.0 Å². The minimum absolute atomic E-state index is 0.179. The molecular formula is C22H24ClN3O3. The van der Waals surface area contributed by atoms with E-state index in [4.69, 9.17) is 21.1 Å². The number of ether oxygens (including phenoxy) is 2. The number of aromatic nitrogens is 2. The molecule has 1 atom stereocenters. The number of halogens is 1. The summed E-state index contributed by atoms with van der Waals surface area (Å²) in [6.07, 6.45) is 3.25. The van der Waals surface area contributed by atoms with Crippen LogP contribution in [0.3, 0.4) is 0 Å². The van der Waals surface area contributed by atoms with Gasteiger partial charge in [0, 0.05) is 30.2 Å². The van der Waals surface area contributed by atoms with Crippen molar-refractivity contribution in [2.75, 3.05) is 20.7 Å². The molecule has 0 fully saturated rings. The summed E-state index contributed by atoms with van der Waals surface area (Å²) in [5.74, 6) is 1.26. The molecule has 0 bridgehead atoms. The molecule has 1 aromatic carbocycles. The third-order valence-corrected chi connectivity index (χ3v) is 4.78. The zero-order chi connectivity index (χ0) is 20.8. The number of nitrogens with zero attached hydrogens (tertiary/aromatic N) is 3. The summed E-state index contributed by atoms with van der Waals surface area (Å²) in [4.78, 5) is 18.8. The predicted octanol–water partition coefficient (Wildman–Crippen LogP) is 3.79. The van der Waals surface area contributed by atoms with E-state index in [0.717, 1.165) is 17.1 Å². The molecule has 0 saturated carbocycles. The van der Waals surface area contributed by atoms with Crippen LogP contribution in [0.15, 0.2) is 65.7 Å². The Morgan fingerprint density at radius 3 is 2.45 bits per heavy atom. The van der Waals surface area contributed by atoms with E-state index in [0.29, 0.717) is 23.4 Å². The van der Waals surface area contributed by atoms with Gasteiger partial charge in [-0.15, -0.1) is 0 Å². The second kappa shape index (κ2) is 9.58. The average molecular weight is 414 g/mol. The van der Waals surface area contributed by atoms with Gasteiger partial charge in [0.25, 0.3) is 5.56 Å². The molecule has 3 aromatic rings. The molecule has 0 aliphatic heterocycles. The van der Waals surface area contributed by atoms with Crippen LogP contribution >= 0.6 is 11.6 Å². The Morgan fingerprint density at radius 2 is 1.83 bits per heavy atom. The third-order valence-electron chi connectivity index (χ3n) is 4.55. The van der Waals surface area contributed by atoms with Crippen molar-refractivity contribution in [3.63, 3.8) is 0 Å². The highest BCUT2D eigenvalue weighted by molar-refractivity contribution is 6.30. The van der Waals surface area contributed by atoms with Gasteiger partial charge in [-0.25, -0.2) is 0 Å². The van der Waals surface area contributed by atoms with Crippen molar-refractivity contribution in [1.82, 2.24) is 14.5 Å². The highest BCUT2D eigenvalue weighted by atomic mass is 35.5. The summed E-state index contributed by atoms with van der Waals surface area (Å²) >= 11 is 5.82. The second-order valence-corrected chi connectivity index (χ2v) is 7.38. The van der Waals surface area contributed by atoms with E-state index in [1.54, 1.807) is 35.2 Å². The van der Waals surface area contributed by atoms with Crippen molar-refractivity contribution in [3.05, 3.63) is 82.0 Å². The lowest BCUT2D eigenvalue weighted by molar-refractivity contribution is 0.198. The van der Waals surface area contributed by atoms with Crippen LogP contribution in [-0.2, 0) is 6.61 Å². The van der Waals surface area contributed by atoms with Crippen LogP contribution in [0.1, 0.15) is 12.6 Å². The van der Waals surface area contributed by atoms with Gasteiger partial charge in [0.2, 0.25) is 0 Å². The fourth-order valence-corrected chi connectivity index (χ4v) is 2.59. The van der Waals surface area contributed by atoms with E-state index in [9.17, 15) is 4.79 Å². The molecule has 29 heavy (non-hydrogen) atoms. The van der Waals surface area contributed by atoms with Crippen molar-refractivity contribution >= 4 is 11.6 Å². The smallest absolute Gasteiger partial charge is 0.258 e. The lowest BCUT2D eigenvalue weighted by Gasteiger charge is -2.20. The van der Waals surface area contributed by atoms with Crippen molar-refractivity contribution in [3.8, 4) is 17.2 Å². The molecular weight excluding hydrogens is 390 g/mol. The van der Waals surface area contributed by atoms with Crippen LogP contribution in [0.4, 0.5) is 0 Å². The minimum Gasteiger partial charge on any atom is -0.492 e. The summed E-state index contributed by atoms with van der Waals surface area (Å²) in [5, 5.41) is 0.569. The molecule has 152 valence electrons. The number of pyridine rings is 2. The molecule has 0 spiro atoms. The van der Waals surface area contributed by atoms with Gasteiger partial charge < -0.3 is 14.4 Å². The van der Waals surface area contributed by atoms with Crippen molar-refractivity contribution in [1.29, 1.82) is 0 Å². The predicted molar refractivity (Wildman–Crippen MR) is 114 cm³/mol. The number of hydrogen-bond donors (Lipinski definition) is 0. The van der Waals surface area contributed by atoms with Crippen LogP contribution in [0.25, 0.3) is 5.69 Å². The minimum atomic E-state index is -0.179. The number of likely N-dealkylation sites (N-methyl/N-ethyl adjacent to an activating group) is 1. The summed E-state index contributed by atoms with van der Waals surface area (Å²) < 4.78 is 13.0. The number of rotatable bonds is 8. The quantitative estimate of drug-likeness (QED) is 0.562.